The van der Waals surface area contributed by atoms with E-state index in [0.29, 0.717) is 29.4 Å². The van der Waals surface area contributed by atoms with E-state index in [1.54, 1.807) is 27.5 Å². The van der Waals surface area contributed by atoms with Gasteiger partial charge in [-0.3, -0.25) is 19.3 Å². The number of halogens is 4. The Bertz CT molecular complexity index is 1510. The molecule has 1 aromatic carbocycles. The standard InChI is InChI=1S/C26H23ClF3N7O2/c1-13-6-20-18(12-35(13)24(38)16-4-5-19(27)17(7-16)8-31)23-25(39)36(11-14(2)37(23)34-20)15(3)21-9-33-22(10-32-21)26(28,29)30/h4-5,7,9-10,13-15H,6,11-12H2,1-3H3/t13-,14-,15-/m1/s1. The molecule has 0 saturated carbocycles. The van der Waals surface area contributed by atoms with Crippen molar-refractivity contribution in [2.45, 2.75) is 58.0 Å². The second-order valence-electron chi connectivity index (χ2n) is 9.82. The van der Waals surface area contributed by atoms with E-state index in [2.05, 4.69) is 9.97 Å². The van der Waals surface area contributed by atoms with Crippen LogP contribution in [0.4, 0.5) is 13.2 Å². The van der Waals surface area contributed by atoms with Gasteiger partial charge in [-0.15, -0.1) is 0 Å². The van der Waals surface area contributed by atoms with Gasteiger partial charge < -0.3 is 9.80 Å². The molecular weight excluding hydrogens is 535 g/mol. The molecule has 0 aliphatic carbocycles. The van der Waals surface area contributed by atoms with Gasteiger partial charge in [-0.25, -0.2) is 4.98 Å². The third-order valence-electron chi connectivity index (χ3n) is 7.24. The van der Waals surface area contributed by atoms with Gasteiger partial charge in [0, 0.05) is 30.1 Å². The van der Waals surface area contributed by atoms with Crippen LogP contribution >= 0.6 is 11.6 Å². The maximum atomic E-state index is 13.8. The number of fused-ring (bicyclic) bond motifs is 3. The van der Waals surface area contributed by atoms with Gasteiger partial charge in [-0.2, -0.15) is 23.5 Å². The Labute approximate surface area is 226 Å². The Morgan fingerprint density at radius 2 is 1.95 bits per heavy atom. The highest BCUT2D eigenvalue weighted by Crippen LogP contribution is 2.35. The molecule has 2 aliphatic heterocycles. The maximum absolute atomic E-state index is 13.8. The average Bonchev–Trinajstić information content (AvgIpc) is 3.28. The molecule has 4 heterocycles. The van der Waals surface area contributed by atoms with Crippen molar-refractivity contribution < 1.29 is 22.8 Å². The number of nitriles is 1. The number of carbonyl (C=O) groups is 2. The van der Waals surface area contributed by atoms with Gasteiger partial charge in [0.05, 0.1) is 53.0 Å². The van der Waals surface area contributed by atoms with Gasteiger partial charge in [0.1, 0.15) is 11.8 Å². The minimum absolute atomic E-state index is 0.135. The molecule has 0 bridgehead atoms. The van der Waals surface area contributed by atoms with Crippen LogP contribution in [0.5, 0.6) is 0 Å². The van der Waals surface area contributed by atoms with Crippen LogP contribution in [0, 0.1) is 11.3 Å². The smallest absolute Gasteiger partial charge is 0.331 e. The largest absolute Gasteiger partial charge is 0.434 e. The summed E-state index contributed by atoms with van der Waals surface area (Å²) in [5.41, 5.74) is 1.31. The summed E-state index contributed by atoms with van der Waals surface area (Å²) >= 11 is 6.03. The highest BCUT2D eigenvalue weighted by atomic mass is 35.5. The molecule has 5 rings (SSSR count). The molecule has 2 amide bonds. The van der Waals surface area contributed by atoms with Gasteiger partial charge in [0.2, 0.25) is 0 Å². The number of rotatable bonds is 3. The van der Waals surface area contributed by atoms with Gasteiger partial charge in [0.15, 0.2) is 5.69 Å². The van der Waals surface area contributed by atoms with Crippen molar-refractivity contribution >= 4 is 23.4 Å². The third kappa shape index (κ3) is 4.61. The second kappa shape index (κ2) is 9.64. The molecule has 13 heteroatoms. The van der Waals surface area contributed by atoms with E-state index in [9.17, 15) is 28.0 Å². The lowest BCUT2D eigenvalue weighted by molar-refractivity contribution is -0.141. The zero-order valence-electron chi connectivity index (χ0n) is 21.2. The molecule has 2 aliphatic rings. The lowest BCUT2D eigenvalue weighted by Gasteiger charge is -2.37. The Hall–Kier alpha value is -3.98. The highest BCUT2D eigenvalue weighted by molar-refractivity contribution is 6.31. The summed E-state index contributed by atoms with van der Waals surface area (Å²) in [7, 11) is 0. The summed E-state index contributed by atoms with van der Waals surface area (Å²) in [4.78, 5) is 37.8. The van der Waals surface area contributed by atoms with E-state index in [4.69, 9.17) is 16.7 Å². The fraction of sp³-hybridized carbons (Fsp3) is 0.385. The molecule has 0 N–H and O–H groups in total. The van der Waals surface area contributed by atoms with Crippen LogP contribution in [0.15, 0.2) is 30.6 Å². The average molecular weight is 558 g/mol. The number of aromatic nitrogens is 4. The predicted octanol–water partition coefficient (Wildman–Crippen LogP) is 4.58. The molecule has 3 atom stereocenters. The topological polar surface area (TPSA) is 108 Å². The maximum Gasteiger partial charge on any atom is 0.434 e. The summed E-state index contributed by atoms with van der Waals surface area (Å²) < 4.78 is 40.5. The Morgan fingerprint density at radius 3 is 2.59 bits per heavy atom. The molecule has 0 saturated heterocycles. The second-order valence-corrected chi connectivity index (χ2v) is 10.2. The molecule has 0 radical (unpaired) electrons. The highest BCUT2D eigenvalue weighted by Gasteiger charge is 2.41. The van der Waals surface area contributed by atoms with Crippen LogP contribution in [-0.2, 0) is 19.1 Å². The lowest BCUT2D eigenvalue weighted by atomic mass is 9.96. The number of amides is 2. The van der Waals surface area contributed by atoms with Gasteiger partial charge in [0.25, 0.3) is 11.8 Å². The number of benzene rings is 1. The summed E-state index contributed by atoms with van der Waals surface area (Å²) in [6.45, 7) is 5.89. The molecular formula is C26H23ClF3N7O2. The van der Waals surface area contributed by atoms with E-state index in [-0.39, 0.29) is 53.3 Å². The number of hydrogen-bond acceptors (Lipinski definition) is 6. The van der Waals surface area contributed by atoms with Crippen LogP contribution in [0.2, 0.25) is 5.02 Å². The fourth-order valence-corrected chi connectivity index (χ4v) is 5.22. The quantitative estimate of drug-likeness (QED) is 0.466. The van der Waals surface area contributed by atoms with Crippen molar-refractivity contribution in [1.29, 1.82) is 5.26 Å². The Balaban J connectivity index is 1.45. The first-order valence-electron chi connectivity index (χ1n) is 12.2. The van der Waals surface area contributed by atoms with E-state index in [0.717, 1.165) is 11.9 Å². The SMILES string of the molecule is C[C@@H]1Cc2nn3c(c2CN1C(=O)c1ccc(Cl)c(C#N)c1)C(=O)N([C@H](C)c1cnc(C(F)(F)F)cn1)C[C@H]3C. The molecule has 2 aromatic heterocycles. The minimum atomic E-state index is -4.61. The number of nitrogens with zero attached hydrogens (tertiary/aromatic N) is 7. The minimum Gasteiger partial charge on any atom is -0.331 e. The van der Waals surface area contributed by atoms with Gasteiger partial charge in [-0.1, -0.05) is 11.6 Å². The molecule has 3 aromatic rings. The van der Waals surface area contributed by atoms with Crippen LogP contribution in [-0.4, -0.2) is 53.9 Å². The third-order valence-corrected chi connectivity index (χ3v) is 7.56. The normalized spacial score (nSPS) is 19.8. The molecule has 0 spiro atoms. The zero-order valence-corrected chi connectivity index (χ0v) is 22.0. The fourth-order valence-electron chi connectivity index (χ4n) is 5.06. The van der Waals surface area contributed by atoms with Crippen LogP contribution in [0.1, 0.15) is 81.9 Å². The summed E-state index contributed by atoms with van der Waals surface area (Å²) in [6, 6.07) is 5.40. The number of carbonyl (C=O) groups excluding carboxylic acids is 2. The Kier molecular flexibility index (Phi) is 6.58. The van der Waals surface area contributed by atoms with Crippen molar-refractivity contribution in [2.75, 3.05) is 6.54 Å². The van der Waals surface area contributed by atoms with Crippen molar-refractivity contribution in [3.05, 3.63) is 75.1 Å². The zero-order chi connectivity index (χ0) is 28.2. The van der Waals surface area contributed by atoms with Crippen LogP contribution in [0.3, 0.4) is 0 Å². The predicted molar refractivity (Wildman–Crippen MR) is 133 cm³/mol. The van der Waals surface area contributed by atoms with E-state index in [1.165, 1.54) is 12.1 Å². The van der Waals surface area contributed by atoms with E-state index < -0.39 is 17.9 Å². The molecule has 0 unspecified atom stereocenters. The summed E-state index contributed by atoms with van der Waals surface area (Å²) in [5.74, 6) is -0.654. The van der Waals surface area contributed by atoms with Gasteiger partial charge >= 0.3 is 6.18 Å². The van der Waals surface area contributed by atoms with Crippen molar-refractivity contribution in [2.24, 2.45) is 0 Å². The monoisotopic (exact) mass is 557 g/mol. The van der Waals surface area contributed by atoms with Crippen molar-refractivity contribution in [3.63, 3.8) is 0 Å². The Morgan fingerprint density at radius 1 is 1.21 bits per heavy atom. The number of hydrogen-bond donors (Lipinski definition) is 0. The molecule has 39 heavy (non-hydrogen) atoms. The first kappa shape index (κ1) is 26.6. The van der Waals surface area contributed by atoms with E-state index in [1.807, 2.05) is 19.9 Å². The van der Waals surface area contributed by atoms with Gasteiger partial charge in [-0.05, 0) is 39.0 Å². The molecule has 9 nitrogen and oxygen atoms in total. The number of alkyl halides is 3. The summed E-state index contributed by atoms with van der Waals surface area (Å²) in [6.07, 6.45) is -2.48. The van der Waals surface area contributed by atoms with Crippen LogP contribution < -0.4 is 0 Å². The van der Waals surface area contributed by atoms with Crippen LogP contribution in [0.25, 0.3) is 0 Å². The van der Waals surface area contributed by atoms with E-state index >= 15 is 0 Å². The van der Waals surface area contributed by atoms with Crippen molar-refractivity contribution in [3.8, 4) is 6.07 Å². The lowest BCUT2D eigenvalue weighted by Crippen LogP contribution is -2.45. The first-order valence-corrected chi connectivity index (χ1v) is 12.6. The molecule has 202 valence electrons. The first-order chi connectivity index (χ1) is 18.4. The van der Waals surface area contributed by atoms with Crippen molar-refractivity contribution in [1.82, 2.24) is 29.5 Å². The summed E-state index contributed by atoms with van der Waals surface area (Å²) in [5, 5.41) is 14.3. The molecule has 0 fully saturated rings.